The third kappa shape index (κ3) is 3.46. The molecule has 1 saturated heterocycles. The molecule has 0 saturated carbocycles. The normalized spacial score (nSPS) is 19.3. The molecule has 7 heteroatoms. The highest BCUT2D eigenvalue weighted by Crippen LogP contribution is 2.38. The van der Waals surface area contributed by atoms with Gasteiger partial charge in [0.1, 0.15) is 0 Å². The van der Waals surface area contributed by atoms with Crippen LogP contribution in [0.1, 0.15) is 38.3 Å². The van der Waals surface area contributed by atoms with Crippen molar-refractivity contribution in [3.63, 3.8) is 0 Å². The lowest BCUT2D eigenvalue weighted by Crippen LogP contribution is -2.43. The summed E-state index contributed by atoms with van der Waals surface area (Å²) in [5.41, 5.74) is 0.941. The van der Waals surface area contributed by atoms with Gasteiger partial charge >= 0.3 is 0 Å². The van der Waals surface area contributed by atoms with Crippen molar-refractivity contribution in [3.05, 3.63) is 23.8 Å². The minimum Gasteiger partial charge on any atom is -0.493 e. The van der Waals surface area contributed by atoms with E-state index in [4.69, 9.17) is 9.47 Å². The molecule has 23 heavy (non-hydrogen) atoms. The zero-order valence-electron chi connectivity index (χ0n) is 14.3. The Balaban J connectivity index is 2.35. The van der Waals surface area contributed by atoms with Gasteiger partial charge in [-0.15, -0.1) is 0 Å². The topological polar surface area (TPSA) is 59.1 Å². The van der Waals surface area contributed by atoms with Crippen molar-refractivity contribution >= 4 is 10.2 Å². The molecular formula is C16H26N2O4S. The summed E-state index contributed by atoms with van der Waals surface area (Å²) in [7, 11) is -0.267. The Bertz CT molecular complexity index is 629. The van der Waals surface area contributed by atoms with E-state index < -0.39 is 10.2 Å². The van der Waals surface area contributed by atoms with Gasteiger partial charge in [-0.3, -0.25) is 0 Å². The first-order valence-electron chi connectivity index (χ1n) is 7.98. The molecule has 0 N–H and O–H groups in total. The van der Waals surface area contributed by atoms with E-state index in [1.165, 1.54) is 4.31 Å². The summed E-state index contributed by atoms with van der Waals surface area (Å²) in [5.74, 6) is 1.27. The van der Waals surface area contributed by atoms with Gasteiger partial charge in [0.05, 0.1) is 20.3 Å². The Hall–Kier alpha value is -1.31. The van der Waals surface area contributed by atoms with Crippen molar-refractivity contribution in [2.45, 2.75) is 32.7 Å². The monoisotopic (exact) mass is 342 g/mol. The van der Waals surface area contributed by atoms with E-state index in [9.17, 15) is 8.42 Å². The van der Waals surface area contributed by atoms with Gasteiger partial charge in [-0.25, -0.2) is 0 Å². The van der Waals surface area contributed by atoms with Gasteiger partial charge in [0.25, 0.3) is 10.2 Å². The Morgan fingerprint density at radius 3 is 2.39 bits per heavy atom. The minimum atomic E-state index is -3.44. The van der Waals surface area contributed by atoms with E-state index in [-0.39, 0.29) is 6.04 Å². The predicted octanol–water partition coefficient (Wildman–Crippen LogP) is 2.43. The number of hydrogen-bond acceptors (Lipinski definition) is 4. The third-order valence-corrected chi connectivity index (χ3v) is 6.52. The molecule has 0 radical (unpaired) electrons. The lowest BCUT2D eigenvalue weighted by atomic mass is 10.0. The summed E-state index contributed by atoms with van der Waals surface area (Å²) in [6.45, 7) is 5.24. The number of rotatable bonds is 7. The first-order valence-corrected chi connectivity index (χ1v) is 9.38. The number of benzene rings is 1. The number of hydrogen-bond donors (Lipinski definition) is 0. The van der Waals surface area contributed by atoms with Crippen LogP contribution in [-0.4, -0.2) is 50.9 Å². The molecule has 2 rings (SSSR count). The molecule has 0 aromatic heterocycles. The smallest absolute Gasteiger partial charge is 0.282 e. The maximum Gasteiger partial charge on any atom is 0.282 e. The lowest BCUT2D eigenvalue weighted by molar-refractivity contribution is 0.334. The number of ether oxygens (including phenoxy) is 2. The van der Waals surface area contributed by atoms with Crippen molar-refractivity contribution < 1.29 is 17.9 Å². The van der Waals surface area contributed by atoms with E-state index >= 15 is 0 Å². The highest BCUT2D eigenvalue weighted by molar-refractivity contribution is 7.86. The Morgan fingerprint density at radius 2 is 1.83 bits per heavy atom. The SMILES string of the molecule is CCN(CC)S(=O)(=O)N1CCC[C@@H]1c1ccc(OC)c(OC)c1. The Kier molecular flexibility index (Phi) is 5.89. The fourth-order valence-electron chi connectivity index (χ4n) is 3.11. The molecule has 1 atom stereocenters. The van der Waals surface area contributed by atoms with Crippen LogP contribution in [-0.2, 0) is 10.2 Å². The van der Waals surface area contributed by atoms with Crippen LogP contribution in [0.2, 0.25) is 0 Å². The molecular weight excluding hydrogens is 316 g/mol. The number of nitrogens with zero attached hydrogens (tertiary/aromatic N) is 2. The van der Waals surface area contributed by atoms with Crippen LogP contribution < -0.4 is 9.47 Å². The third-order valence-electron chi connectivity index (χ3n) is 4.32. The van der Waals surface area contributed by atoms with Crippen LogP contribution in [0.4, 0.5) is 0 Å². The lowest BCUT2D eigenvalue weighted by Gasteiger charge is -2.30. The molecule has 0 aliphatic carbocycles. The zero-order valence-corrected chi connectivity index (χ0v) is 15.1. The summed E-state index contributed by atoms with van der Waals surface area (Å²) in [5, 5.41) is 0. The van der Waals surface area contributed by atoms with Crippen LogP contribution >= 0.6 is 0 Å². The molecule has 0 bridgehead atoms. The van der Waals surface area contributed by atoms with E-state index in [2.05, 4.69) is 0 Å². The summed E-state index contributed by atoms with van der Waals surface area (Å²) >= 11 is 0. The highest BCUT2D eigenvalue weighted by Gasteiger charge is 2.38. The van der Waals surface area contributed by atoms with E-state index in [1.807, 2.05) is 32.0 Å². The Morgan fingerprint density at radius 1 is 1.17 bits per heavy atom. The molecule has 1 aromatic carbocycles. The second-order valence-corrected chi connectivity index (χ2v) is 7.36. The maximum atomic E-state index is 12.9. The molecule has 1 aromatic rings. The van der Waals surface area contributed by atoms with Gasteiger partial charge in [-0.2, -0.15) is 17.0 Å². The van der Waals surface area contributed by atoms with E-state index in [1.54, 1.807) is 18.5 Å². The van der Waals surface area contributed by atoms with Gasteiger partial charge in [-0.1, -0.05) is 19.9 Å². The molecule has 0 unspecified atom stereocenters. The summed E-state index contributed by atoms with van der Waals surface area (Å²) in [6, 6.07) is 5.47. The summed E-state index contributed by atoms with van der Waals surface area (Å²) < 4.78 is 39.4. The van der Waals surface area contributed by atoms with Crippen LogP contribution in [0.15, 0.2) is 18.2 Å². The highest BCUT2D eigenvalue weighted by atomic mass is 32.2. The Labute approximate surface area is 139 Å². The fraction of sp³-hybridized carbons (Fsp3) is 0.625. The average Bonchev–Trinajstić information content (AvgIpc) is 3.05. The average molecular weight is 342 g/mol. The first kappa shape index (κ1) is 18.0. The summed E-state index contributed by atoms with van der Waals surface area (Å²) in [4.78, 5) is 0. The standard InChI is InChI=1S/C16H26N2O4S/c1-5-17(6-2)23(19,20)18-11-7-8-14(18)13-9-10-15(21-3)16(12-13)22-4/h9-10,12,14H,5-8,11H2,1-4H3/t14-/m1/s1. The molecule has 0 spiro atoms. The van der Waals surface area contributed by atoms with Crippen molar-refractivity contribution in [3.8, 4) is 11.5 Å². The van der Waals surface area contributed by atoms with E-state index in [0.29, 0.717) is 31.1 Å². The van der Waals surface area contributed by atoms with Crippen molar-refractivity contribution in [2.75, 3.05) is 33.9 Å². The van der Waals surface area contributed by atoms with E-state index in [0.717, 1.165) is 18.4 Å². The maximum absolute atomic E-state index is 12.9. The van der Waals surface area contributed by atoms with Crippen LogP contribution in [0.5, 0.6) is 11.5 Å². The predicted molar refractivity (Wildman–Crippen MR) is 90.1 cm³/mol. The molecule has 1 aliphatic rings. The second kappa shape index (κ2) is 7.51. The van der Waals surface area contributed by atoms with Crippen LogP contribution in [0.3, 0.4) is 0 Å². The summed E-state index contributed by atoms with van der Waals surface area (Å²) in [6.07, 6.45) is 1.68. The quantitative estimate of drug-likeness (QED) is 0.764. The molecule has 1 heterocycles. The largest absolute Gasteiger partial charge is 0.493 e. The van der Waals surface area contributed by atoms with Crippen LogP contribution in [0, 0.1) is 0 Å². The fourth-order valence-corrected chi connectivity index (χ4v) is 4.97. The van der Waals surface area contributed by atoms with Gasteiger partial charge in [0.2, 0.25) is 0 Å². The zero-order chi connectivity index (χ0) is 17.0. The van der Waals surface area contributed by atoms with Crippen molar-refractivity contribution in [2.24, 2.45) is 0 Å². The van der Waals surface area contributed by atoms with Gasteiger partial charge < -0.3 is 9.47 Å². The van der Waals surface area contributed by atoms with Gasteiger partial charge in [0.15, 0.2) is 11.5 Å². The molecule has 1 aliphatic heterocycles. The number of methoxy groups -OCH3 is 2. The van der Waals surface area contributed by atoms with Crippen LogP contribution in [0.25, 0.3) is 0 Å². The van der Waals surface area contributed by atoms with Gasteiger partial charge in [0, 0.05) is 19.6 Å². The molecule has 0 amide bonds. The molecule has 6 nitrogen and oxygen atoms in total. The minimum absolute atomic E-state index is 0.152. The molecule has 130 valence electrons. The first-order chi connectivity index (χ1) is 11.0. The van der Waals surface area contributed by atoms with Crippen molar-refractivity contribution in [1.82, 2.24) is 8.61 Å². The molecule has 1 fully saturated rings. The van der Waals surface area contributed by atoms with Crippen molar-refractivity contribution in [1.29, 1.82) is 0 Å². The van der Waals surface area contributed by atoms with Gasteiger partial charge in [-0.05, 0) is 30.5 Å². The second-order valence-electron chi connectivity index (χ2n) is 5.48.